The minimum atomic E-state index is -0.347. The Morgan fingerprint density at radius 1 is 1.04 bits per heavy atom. The summed E-state index contributed by atoms with van der Waals surface area (Å²) in [5.74, 6) is -0.631. The number of hydrogen-bond donors (Lipinski definition) is 0. The second kappa shape index (κ2) is 16.2. The molecule has 4 nitrogen and oxygen atoms in total. The van der Waals surface area contributed by atoms with Gasteiger partial charge in [-0.3, -0.25) is 0 Å². The maximum absolute atomic E-state index is 10.7. The highest BCUT2D eigenvalue weighted by molar-refractivity contribution is 5.87. The van der Waals surface area contributed by atoms with Crippen molar-refractivity contribution in [1.82, 2.24) is 0 Å². The minimum Gasteiger partial charge on any atom is -0.466 e. The number of methoxy groups -OCH3 is 1. The van der Waals surface area contributed by atoms with Gasteiger partial charge in [0.15, 0.2) is 0 Å². The molecule has 1 rings (SSSR count). The summed E-state index contributed by atoms with van der Waals surface area (Å²) < 4.78 is 9.08. The van der Waals surface area contributed by atoms with E-state index in [1.165, 1.54) is 12.7 Å². The quantitative estimate of drug-likeness (QED) is 0.414. The lowest BCUT2D eigenvalue weighted by molar-refractivity contribution is -0.139. The van der Waals surface area contributed by atoms with Crippen molar-refractivity contribution >= 4 is 18.0 Å². The number of benzene rings is 1. The van der Waals surface area contributed by atoms with Gasteiger partial charge < -0.3 is 9.47 Å². The smallest absolute Gasteiger partial charge is 0.333 e. The van der Waals surface area contributed by atoms with E-state index in [-0.39, 0.29) is 11.9 Å². The predicted octanol–water partition coefficient (Wildman–Crippen LogP) is 4.97. The molecule has 138 valence electrons. The summed E-state index contributed by atoms with van der Waals surface area (Å²) in [6.07, 6.45) is 3.81. The highest BCUT2D eigenvalue weighted by atomic mass is 16.5. The third-order valence-electron chi connectivity index (χ3n) is 2.65. The van der Waals surface area contributed by atoms with Crippen molar-refractivity contribution < 1.29 is 19.1 Å². The van der Waals surface area contributed by atoms with Crippen LogP contribution in [0.25, 0.3) is 6.08 Å². The number of carbonyl (C=O) groups is 2. The highest BCUT2D eigenvalue weighted by Crippen LogP contribution is 1.97. The Morgan fingerprint density at radius 2 is 1.56 bits per heavy atom. The Morgan fingerprint density at radius 3 is 1.84 bits per heavy atom. The summed E-state index contributed by atoms with van der Waals surface area (Å²) >= 11 is 0. The zero-order chi connectivity index (χ0) is 19.7. The average Bonchev–Trinajstić information content (AvgIpc) is 2.62. The molecule has 0 bridgehead atoms. The summed E-state index contributed by atoms with van der Waals surface area (Å²) in [5, 5.41) is 0. The topological polar surface area (TPSA) is 52.6 Å². The molecular formula is C21H30O4. The summed E-state index contributed by atoms with van der Waals surface area (Å²) in [6.45, 7) is 16.3. The Labute approximate surface area is 151 Å². The fraction of sp³-hybridized carbons (Fsp3) is 0.333. The number of rotatable bonds is 6. The Bertz CT molecular complexity index is 544. The van der Waals surface area contributed by atoms with Crippen LogP contribution in [0.4, 0.5) is 0 Å². The second-order valence-corrected chi connectivity index (χ2v) is 5.16. The lowest BCUT2D eigenvalue weighted by Crippen LogP contribution is -2.05. The molecule has 0 unspecified atom stereocenters. The van der Waals surface area contributed by atoms with E-state index in [9.17, 15) is 9.59 Å². The first kappa shape index (κ1) is 24.6. The fourth-order valence-corrected chi connectivity index (χ4v) is 1.20. The van der Waals surface area contributed by atoms with Gasteiger partial charge in [0.25, 0.3) is 0 Å². The van der Waals surface area contributed by atoms with Crippen LogP contribution in [0.1, 0.15) is 39.2 Å². The van der Waals surface area contributed by atoms with Crippen molar-refractivity contribution in [3.05, 3.63) is 66.8 Å². The first-order valence-corrected chi connectivity index (χ1v) is 8.04. The molecule has 0 aliphatic carbocycles. The van der Waals surface area contributed by atoms with Crippen LogP contribution in [0.15, 0.2) is 61.2 Å². The number of hydrogen-bond acceptors (Lipinski definition) is 4. The molecule has 0 aromatic heterocycles. The molecule has 0 amide bonds. The molecule has 0 N–H and O–H groups in total. The van der Waals surface area contributed by atoms with Crippen LogP contribution in [0.3, 0.4) is 0 Å². The number of unbranched alkanes of at least 4 members (excludes halogenated alkanes) is 1. The van der Waals surface area contributed by atoms with E-state index in [1.54, 1.807) is 13.8 Å². The molecule has 0 radical (unpaired) electrons. The Hall–Kier alpha value is -2.62. The van der Waals surface area contributed by atoms with Crippen LogP contribution in [0.2, 0.25) is 0 Å². The summed E-state index contributed by atoms with van der Waals surface area (Å²) in [5.41, 5.74) is 2.08. The van der Waals surface area contributed by atoms with Crippen molar-refractivity contribution in [3.63, 3.8) is 0 Å². The van der Waals surface area contributed by atoms with E-state index in [0.29, 0.717) is 17.8 Å². The van der Waals surface area contributed by atoms with Gasteiger partial charge in [-0.2, -0.15) is 0 Å². The maximum atomic E-state index is 10.7. The summed E-state index contributed by atoms with van der Waals surface area (Å²) in [6, 6.07) is 10.0. The van der Waals surface area contributed by atoms with Crippen molar-refractivity contribution in [2.45, 2.75) is 33.6 Å². The van der Waals surface area contributed by atoms with E-state index in [4.69, 9.17) is 4.74 Å². The molecular weight excluding hydrogens is 316 g/mol. The van der Waals surface area contributed by atoms with Gasteiger partial charge in [0.1, 0.15) is 0 Å². The maximum Gasteiger partial charge on any atom is 0.333 e. The molecule has 0 saturated heterocycles. The number of ether oxygens (including phenoxy) is 2. The molecule has 0 aliphatic rings. The first-order chi connectivity index (χ1) is 11.8. The van der Waals surface area contributed by atoms with Gasteiger partial charge >= 0.3 is 11.9 Å². The molecule has 0 saturated carbocycles. The number of carbonyl (C=O) groups excluding carboxylic acids is 2. The van der Waals surface area contributed by atoms with Crippen molar-refractivity contribution in [2.24, 2.45) is 0 Å². The van der Waals surface area contributed by atoms with Gasteiger partial charge in [0, 0.05) is 11.1 Å². The Balaban J connectivity index is 0. The molecule has 0 spiro atoms. The molecule has 0 aliphatic heterocycles. The van der Waals surface area contributed by atoms with E-state index < -0.39 is 0 Å². The molecule has 0 heterocycles. The van der Waals surface area contributed by atoms with Crippen LogP contribution in [0, 0.1) is 0 Å². The third kappa shape index (κ3) is 16.0. The van der Waals surface area contributed by atoms with Crippen LogP contribution in [-0.4, -0.2) is 25.7 Å². The first-order valence-electron chi connectivity index (χ1n) is 8.04. The van der Waals surface area contributed by atoms with Crippen molar-refractivity contribution in [2.75, 3.05) is 13.7 Å². The monoisotopic (exact) mass is 346 g/mol. The molecule has 1 aromatic rings. The number of esters is 2. The molecule has 4 heteroatoms. The van der Waals surface area contributed by atoms with Crippen LogP contribution in [0.5, 0.6) is 0 Å². The lowest BCUT2D eigenvalue weighted by atomic mass is 10.2. The van der Waals surface area contributed by atoms with Gasteiger partial charge in [0.05, 0.1) is 13.7 Å². The van der Waals surface area contributed by atoms with Crippen LogP contribution < -0.4 is 0 Å². The lowest BCUT2D eigenvalue weighted by Gasteiger charge is -2.01. The molecule has 0 atom stereocenters. The van der Waals surface area contributed by atoms with Gasteiger partial charge in [-0.25, -0.2) is 9.59 Å². The normalized spacial score (nSPS) is 8.48. The van der Waals surface area contributed by atoms with Crippen molar-refractivity contribution in [3.8, 4) is 0 Å². The largest absolute Gasteiger partial charge is 0.466 e. The minimum absolute atomic E-state index is 0.284. The summed E-state index contributed by atoms with van der Waals surface area (Å²) in [4.78, 5) is 20.9. The van der Waals surface area contributed by atoms with E-state index in [0.717, 1.165) is 12.8 Å². The zero-order valence-corrected chi connectivity index (χ0v) is 15.8. The predicted molar refractivity (Wildman–Crippen MR) is 104 cm³/mol. The fourth-order valence-electron chi connectivity index (χ4n) is 1.20. The van der Waals surface area contributed by atoms with Gasteiger partial charge in [0.2, 0.25) is 0 Å². The third-order valence-corrected chi connectivity index (χ3v) is 2.65. The molecule has 0 fully saturated rings. The SMILES string of the molecule is C=C(C)C(=O)OC.C=C(C)C(=O)OCCCC.C=Cc1ccccc1. The second-order valence-electron chi connectivity index (χ2n) is 5.16. The molecule has 1 aromatic carbocycles. The van der Waals surface area contributed by atoms with Crippen LogP contribution >= 0.6 is 0 Å². The van der Waals surface area contributed by atoms with Crippen molar-refractivity contribution in [1.29, 1.82) is 0 Å². The van der Waals surface area contributed by atoms with E-state index in [1.807, 2.05) is 36.4 Å². The van der Waals surface area contributed by atoms with E-state index in [2.05, 4.69) is 31.4 Å². The average molecular weight is 346 g/mol. The standard InChI is InChI=1S/C8H14O2.C8H8.C5H8O2/c1-4-5-6-10-8(9)7(2)3;1-2-8-6-4-3-5-7-8;1-4(2)5(6)7-3/h2,4-6H2,1,3H3;2-7H,1H2;1H2,2-3H3. The van der Waals surface area contributed by atoms with Gasteiger partial charge in [-0.1, -0.05) is 69.5 Å². The zero-order valence-electron chi connectivity index (χ0n) is 15.8. The van der Waals surface area contributed by atoms with Gasteiger partial charge in [-0.15, -0.1) is 0 Å². The van der Waals surface area contributed by atoms with E-state index >= 15 is 0 Å². The van der Waals surface area contributed by atoms with Gasteiger partial charge in [-0.05, 0) is 25.8 Å². The Kier molecular flexibility index (Phi) is 16.0. The molecule has 25 heavy (non-hydrogen) atoms. The van der Waals surface area contributed by atoms with Crippen LogP contribution in [-0.2, 0) is 19.1 Å². The highest BCUT2D eigenvalue weighted by Gasteiger charge is 2.00. The summed E-state index contributed by atoms with van der Waals surface area (Å²) in [7, 11) is 1.33.